The maximum atomic E-state index is 13.8. The Kier molecular flexibility index (Phi) is 5.44. The lowest BCUT2D eigenvalue weighted by atomic mass is 9.59. The molecule has 4 atom stereocenters. The summed E-state index contributed by atoms with van der Waals surface area (Å²) in [5, 5.41) is 10.2. The number of ketones is 2. The van der Waals surface area contributed by atoms with Gasteiger partial charge in [-0.05, 0) is 65.2 Å². The zero-order valence-electron chi connectivity index (χ0n) is 19.2. The van der Waals surface area contributed by atoms with E-state index in [1.807, 2.05) is 12.1 Å². The van der Waals surface area contributed by atoms with Crippen LogP contribution >= 0.6 is 15.9 Å². The van der Waals surface area contributed by atoms with Crippen molar-refractivity contribution in [1.82, 2.24) is 4.90 Å². The lowest BCUT2D eigenvalue weighted by molar-refractivity contribution is -0.143. The Morgan fingerprint density at radius 3 is 2.49 bits per heavy atom. The maximum absolute atomic E-state index is 13.8. The number of allylic oxidation sites excluding steroid dienone is 6. The fourth-order valence-corrected chi connectivity index (χ4v) is 7.46. The molecule has 2 fully saturated rings. The number of nitrogens with zero attached hydrogens (tertiary/aromatic N) is 1. The second-order valence-electron chi connectivity index (χ2n) is 10.3. The molecule has 1 saturated heterocycles. The van der Waals surface area contributed by atoms with Crippen LogP contribution in [0.2, 0.25) is 0 Å². The van der Waals surface area contributed by atoms with E-state index in [0.29, 0.717) is 23.1 Å². The molecule has 35 heavy (non-hydrogen) atoms. The highest BCUT2D eigenvalue weighted by atomic mass is 79.9. The molecule has 6 rings (SSSR count). The van der Waals surface area contributed by atoms with Crippen LogP contribution < -0.4 is 0 Å². The Morgan fingerprint density at radius 1 is 0.971 bits per heavy atom. The van der Waals surface area contributed by atoms with Gasteiger partial charge in [-0.1, -0.05) is 43.0 Å². The van der Waals surface area contributed by atoms with E-state index in [-0.39, 0.29) is 52.0 Å². The van der Waals surface area contributed by atoms with E-state index in [4.69, 9.17) is 0 Å². The van der Waals surface area contributed by atoms with Gasteiger partial charge in [0.15, 0.2) is 11.6 Å². The Morgan fingerprint density at radius 2 is 1.74 bits per heavy atom. The summed E-state index contributed by atoms with van der Waals surface area (Å²) in [5.41, 5.74) is 2.46. The third-order valence-electron chi connectivity index (χ3n) is 8.51. The molecule has 1 saturated carbocycles. The molecule has 1 N–H and O–H groups in total. The van der Waals surface area contributed by atoms with E-state index in [1.165, 1.54) is 6.08 Å². The first-order chi connectivity index (χ1) is 16.9. The van der Waals surface area contributed by atoms with Crippen LogP contribution in [0.5, 0.6) is 5.75 Å². The largest absolute Gasteiger partial charge is 0.508 e. The van der Waals surface area contributed by atoms with Crippen molar-refractivity contribution in [2.45, 2.75) is 56.9 Å². The molecule has 6 nitrogen and oxygen atoms in total. The number of amides is 2. The zero-order valence-corrected chi connectivity index (χ0v) is 20.8. The smallest absolute Gasteiger partial charge is 0.233 e. The summed E-state index contributed by atoms with van der Waals surface area (Å²) in [6, 6.07) is 6.71. The average molecular weight is 536 g/mol. The summed E-state index contributed by atoms with van der Waals surface area (Å²) in [4.78, 5) is 55.2. The molecule has 1 aromatic rings. The summed E-state index contributed by atoms with van der Waals surface area (Å²) in [7, 11) is 0. The summed E-state index contributed by atoms with van der Waals surface area (Å²) in [5.74, 6) is -2.41. The molecule has 0 spiro atoms. The molecule has 7 heteroatoms. The molecule has 2 amide bonds. The lowest BCUT2D eigenvalue weighted by Gasteiger charge is -2.42. The highest BCUT2D eigenvalue weighted by Crippen LogP contribution is 2.55. The number of benzene rings is 1. The fraction of sp³-hybridized carbons (Fsp3) is 0.429. The molecule has 1 aromatic carbocycles. The van der Waals surface area contributed by atoms with Gasteiger partial charge in [0.1, 0.15) is 5.75 Å². The summed E-state index contributed by atoms with van der Waals surface area (Å²) in [6.45, 7) is 0. The lowest BCUT2D eigenvalue weighted by Crippen LogP contribution is -2.43. The van der Waals surface area contributed by atoms with Gasteiger partial charge in [0.2, 0.25) is 11.8 Å². The molecule has 0 radical (unpaired) electrons. The summed E-state index contributed by atoms with van der Waals surface area (Å²) < 4.78 is 0.216. The first-order valence-electron chi connectivity index (χ1n) is 12.4. The third-order valence-corrected chi connectivity index (χ3v) is 9.10. The number of hydrogen-bond donors (Lipinski definition) is 1. The highest BCUT2D eigenvalue weighted by molar-refractivity contribution is 9.12. The standard InChI is InChI=1S/C28H26BrNO5/c29-21-13-22(32)25-20(26(21)33)12-19-17(23(25)14-5-4-8-16(31)11-14)9-10-18-24(19)28(35)30(27(18)34)15-6-2-1-3-7-15/h4-5,8-9,11,13,15,18-19,23-24,31H,1-3,6-7,10,12H2. The van der Waals surface area contributed by atoms with Crippen molar-refractivity contribution < 1.29 is 24.3 Å². The van der Waals surface area contributed by atoms with E-state index in [2.05, 4.69) is 15.9 Å². The SMILES string of the molecule is O=C1C=C(Br)C(=O)C2=C1C(c1cccc(O)c1)C1=CCC3C(=O)N(C4CCCCC4)C(=O)C3C1C2. The van der Waals surface area contributed by atoms with Gasteiger partial charge >= 0.3 is 0 Å². The number of aromatic hydroxyl groups is 1. The van der Waals surface area contributed by atoms with E-state index in [0.717, 1.165) is 37.7 Å². The van der Waals surface area contributed by atoms with Crippen LogP contribution in [-0.2, 0) is 19.2 Å². The Hall–Kier alpha value is -2.80. The van der Waals surface area contributed by atoms with Crippen LogP contribution in [-0.4, -0.2) is 39.4 Å². The van der Waals surface area contributed by atoms with Gasteiger partial charge in [-0.25, -0.2) is 0 Å². The third kappa shape index (κ3) is 3.42. The van der Waals surface area contributed by atoms with Gasteiger partial charge in [-0.15, -0.1) is 0 Å². The minimum Gasteiger partial charge on any atom is -0.508 e. The number of carbonyl (C=O) groups excluding carboxylic acids is 4. The van der Waals surface area contributed by atoms with Crippen LogP contribution in [0, 0.1) is 17.8 Å². The van der Waals surface area contributed by atoms with Crippen molar-refractivity contribution in [3.8, 4) is 5.75 Å². The molecule has 0 bridgehead atoms. The number of phenolic OH excluding ortho intramolecular Hbond substituents is 1. The first kappa shape index (κ1) is 22.7. The van der Waals surface area contributed by atoms with E-state index >= 15 is 0 Å². The highest BCUT2D eigenvalue weighted by Gasteiger charge is 2.57. The van der Waals surface area contributed by atoms with Crippen molar-refractivity contribution in [3.05, 3.63) is 63.2 Å². The second-order valence-corrected chi connectivity index (χ2v) is 11.2. The number of hydrogen-bond acceptors (Lipinski definition) is 5. The molecular formula is C28H26BrNO5. The first-order valence-corrected chi connectivity index (χ1v) is 13.2. The Bertz CT molecular complexity index is 1270. The number of carbonyl (C=O) groups is 4. The Labute approximate surface area is 211 Å². The number of Topliss-reactive ketones (excluding diaryl/α,β-unsaturated/α-hetero) is 1. The van der Waals surface area contributed by atoms with E-state index < -0.39 is 17.8 Å². The topological polar surface area (TPSA) is 91.8 Å². The predicted molar refractivity (Wildman–Crippen MR) is 131 cm³/mol. The van der Waals surface area contributed by atoms with Crippen LogP contribution in [0.25, 0.3) is 0 Å². The quantitative estimate of drug-likeness (QED) is 0.342. The van der Waals surface area contributed by atoms with E-state index in [1.54, 1.807) is 23.1 Å². The number of phenols is 1. The van der Waals surface area contributed by atoms with Crippen LogP contribution in [0.3, 0.4) is 0 Å². The fourth-order valence-electron chi connectivity index (χ4n) is 7.01. The van der Waals surface area contributed by atoms with Gasteiger partial charge in [0.25, 0.3) is 0 Å². The van der Waals surface area contributed by atoms with Gasteiger partial charge < -0.3 is 5.11 Å². The predicted octanol–water partition coefficient (Wildman–Crippen LogP) is 4.49. The summed E-state index contributed by atoms with van der Waals surface area (Å²) in [6.07, 6.45) is 8.94. The Balaban J connectivity index is 1.46. The molecular weight excluding hydrogens is 510 g/mol. The van der Waals surface area contributed by atoms with Crippen LogP contribution in [0.15, 0.2) is 57.6 Å². The normalized spacial score (nSPS) is 31.2. The molecule has 4 unspecified atom stereocenters. The molecule has 0 aromatic heterocycles. The van der Waals surface area contributed by atoms with Crippen molar-refractivity contribution >= 4 is 39.3 Å². The zero-order chi connectivity index (χ0) is 24.4. The van der Waals surface area contributed by atoms with E-state index in [9.17, 15) is 24.3 Å². The molecule has 5 aliphatic rings. The molecule has 180 valence electrons. The molecule has 1 aliphatic heterocycles. The number of imide groups is 1. The van der Waals surface area contributed by atoms with Crippen LogP contribution in [0.4, 0.5) is 0 Å². The average Bonchev–Trinajstić information content (AvgIpc) is 3.11. The number of rotatable bonds is 2. The number of fused-ring (bicyclic) bond motifs is 3. The van der Waals surface area contributed by atoms with Gasteiger partial charge in [-0.2, -0.15) is 0 Å². The van der Waals surface area contributed by atoms with Crippen molar-refractivity contribution in [2.75, 3.05) is 0 Å². The monoisotopic (exact) mass is 535 g/mol. The van der Waals surface area contributed by atoms with Gasteiger partial charge in [0, 0.05) is 29.2 Å². The minimum absolute atomic E-state index is 0.0343. The van der Waals surface area contributed by atoms with Crippen molar-refractivity contribution in [2.24, 2.45) is 17.8 Å². The number of halogens is 1. The molecule has 1 heterocycles. The number of likely N-dealkylation sites (tertiary alicyclic amines) is 1. The van der Waals surface area contributed by atoms with Crippen LogP contribution in [0.1, 0.15) is 56.4 Å². The second kappa shape index (κ2) is 8.40. The summed E-state index contributed by atoms with van der Waals surface area (Å²) >= 11 is 3.24. The van der Waals surface area contributed by atoms with Gasteiger partial charge in [0.05, 0.1) is 16.3 Å². The maximum Gasteiger partial charge on any atom is 0.233 e. The van der Waals surface area contributed by atoms with Gasteiger partial charge in [-0.3, -0.25) is 24.1 Å². The van der Waals surface area contributed by atoms with Crippen molar-refractivity contribution in [1.29, 1.82) is 0 Å². The molecule has 4 aliphatic carbocycles. The minimum atomic E-state index is -0.531. The van der Waals surface area contributed by atoms with Crippen molar-refractivity contribution in [3.63, 3.8) is 0 Å².